The molecule has 0 aromatic carbocycles. The van der Waals surface area contributed by atoms with Gasteiger partial charge in [-0.3, -0.25) is 9.59 Å². The second-order valence-electron chi connectivity index (χ2n) is 6.65. The molecule has 2 rings (SSSR count). The Bertz CT molecular complexity index is 584. The van der Waals surface area contributed by atoms with Crippen LogP contribution in [0.4, 0.5) is 5.69 Å². The van der Waals surface area contributed by atoms with Gasteiger partial charge in [0.1, 0.15) is 6.04 Å². The van der Waals surface area contributed by atoms with Gasteiger partial charge in [-0.2, -0.15) is 5.10 Å². The third kappa shape index (κ3) is 4.07. The molecule has 0 spiro atoms. The Balaban J connectivity index is 2.15. The van der Waals surface area contributed by atoms with Crippen LogP contribution in [0.1, 0.15) is 33.7 Å². The van der Waals surface area contributed by atoms with Gasteiger partial charge in [-0.1, -0.05) is 0 Å². The van der Waals surface area contributed by atoms with E-state index >= 15 is 0 Å². The molecular formula is C15H25N5O2. The van der Waals surface area contributed by atoms with E-state index in [1.54, 1.807) is 19.2 Å². The van der Waals surface area contributed by atoms with E-state index in [4.69, 9.17) is 0 Å². The Hall–Kier alpha value is -1.89. The first-order valence-electron chi connectivity index (χ1n) is 7.64. The fourth-order valence-electron chi connectivity index (χ4n) is 2.38. The summed E-state index contributed by atoms with van der Waals surface area (Å²) in [7, 11) is 0. The first kappa shape index (κ1) is 16.5. The molecule has 1 aromatic rings. The van der Waals surface area contributed by atoms with E-state index in [1.807, 2.05) is 20.8 Å². The first-order valence-corrected chi connectivity index (χ1v) is 7.64. The summed E-state index contributed by atoms with van der Waals surface area (Å²) in [6.07, 6.45) is 1.66. The van der Waals surface area contributed by atoms with Crippen molar-refractivity contribution in [2.45, 2.75) is 39.3 Å². The van der Waals surface area contributed by atoms with E-state index in [9.17, 15) is 9.59 Å². The zero-order valence-corrected chi connectivity index (χ0v) is 13.7. The predicted molar refractivity (Wildman–Crippen MR) is 86.2 cm³/mol. The van der Waals surface area contributed by atoms with Gasteiger partial charge in [0.25, 0.3) is 5.56 Å². The fourth-order valence-corrected chi connectivity index (χ4v) is 2.38. The lowest BCUT2D eigenvalue weighted by Crippen LogP contribution is -2.46. The van der Waals surface area contributed by atoms with Crippen LogP contribution in [-0.4, -0.2) is 47.4 Å². The zero-order valence-electron chi connectivity index (χ0n) is 13.7. The largest absolute Gasteiger partial charge is 0.368 e. The van der Waals surface area contributed by atoms with Gasteiger partial charge < -0.3 is 15.5 Å². The highest BCUT2D eigenvalue weighted by Crippen LogP contribution is 2.12. The summed E-state index contributed by atoms with van der Waals surface area (Å²) < 4.78 is 1.23. The van der Waals surface area contributed by atoms with Gasteiger partial charge in [-0.05, 0) is 27.7 Å². The molecule has 1 fully saturated rings. The van der Waals surface area contributed by atoms with Gasteiger partial charge in [0.05, 0.1) is 11.9 Å². The lowest BCUT2D eigenvalue weighted by Gasteiger charge is -2.29. The third-order valence-corrected chi connectivity index (χ3v) is 3.54. The number of rotatable bonds is 3. The minimum Gasteiger partial charge on any atom is -0.368 e. The molecule has 22 heavy (non-hydrogen) atoms. The number of carbonyl (C=O) groups is 1. The molecule has 0 aliphatic carbocycles. The Labute approximate surface area is 130 Å². The maximum atomic E-state index is 12.3. The third-order valence-electron chi connectivity index (χ3n) is 3.54. The number of carbonyl (C=O) groups excluding carboxylic acids is 1. The van der Waals surface area contributed by atoms with Crippen molar-refractivity contribution >= 4 is 11.6 Å². The van der Waals surface area contributed by atoms with Crippen LogP contribution in [0.3, 0.4) is 0 Å². The summed E-state index contributed by atoms with van der Waals surface area (Å²) in [6, 6.07) is 0.919. The van der Waals surface area contributed by atoms with Crippen molar-refractivity contribution in [1.29, 1.82) is 0 Å². The van der Waals surface area contributed by atoms with Crippen LogP contribution in [0.2, 0.25) is 0 Å². The number of nitrogens with one attached hydrogen (secondary N) is 2. The number of nitrogens with zero attached hydrogens (tertiary/aromatic N) is 3. The van der Waals surface area contributed by atoms with Crippen molar-refractivity contribution in [3.63, 3.8) is 0 Å². The van der Waals surface area contributed by atoms with Crippen molar-refractivity contribution in [1.82, 2.24) is 20.4 Å². The fraction of sp³-hybridized carbons (Fsp3) is 0.667. The molecule has 7 heteroatoms. The van der Waals surface area contributed by atoms with E-state index in [1.165, 1.54) is 4.68 Å². The molecule has 0 bridgehead atoms. The highest BCUT2D eigenvalue weighted by atomic mass is 16.2. The van der Waals surface area contributed by atoms with Crippen LogP contribution >= 0.6 is 0 Å². The quantitative estimate of drug-likeness (QED) is 0.830. The molecule has 0 radical (unpaired) electrons. The van der Waals surface area contributed by atoms with Gasteiger partial charge in [-0.25, -0.2) is 4.68 Å². The van der Waals surface area contributed by atoms with Gasteiger partial charge in [0.2, 0.25) is 5.91 Å². The molecule has 122 valence electrons. The summed E-state index contributed by atoms with van der Waals surface area (Å²) in [5.41, 5.74) is 0.217. The smallest absolute Gasteiger partial charge is 0.269 e. The van der Waals surface area contributed by atoms with E-state index < -0.39 is 6.04 Å². The summed E-state index contributed by atoms with van der Waals surface area (Å²) in [6.45, 7) is 10.9. The monoisotopic (exact) mass is 307 g/mol. The second kappa shape index (κ2) is 6.48. The Morgan fingerprint density at radius 3 is 2.55 bits per heavy atom. The van der Waals surface area contributed by atoms with Crippen molar-refractivity contribution in [3.8, 4) is 0 Å². The van der Waals surface area contributed by atoms with Crippen molar-refractivity contribution in [2.24, 2.45) is 0 Å². The van der Waals surface area contributed by atoms with E-state index in [0.717, 1.165) is 31.9 Å². The number of hydrogen-bond donors (Lipinski definition) is 2. The summed E-state index contributed by atoms with van der Waals surface area (Å²) in [4.78, 5) is 26.6. The maximum Gasteiger partial charge on any atom is 0.269 e. The SMILES string of the molecule is C[C@H](C(=O)NC(C)(C)C)n1ncc(N2CCNCC2)cc1=O. The van der Waals surface area contributed by atoms with Crippen LogP contribution in [0.15, 0.2) is 17.1 Å². The summed E-state index contributed by atoms with van der Waals surface area (Å²) >= 11 is 0. The van der Waals surface area contributed by atoms with Crippen molar-refractivity contribution < 1.29 is 4.79 Å². The number of hydrogen-bond acceptors (Lipinski definition) is 5. The van der Waals surface area contributed by atoms with Gasteiger partial charge in [0.15, 0.2) is 0 Å². The Morgan fingerprint density at radius 2 is 2.00 bits per heavy atom. The Kier molecular flexibility index (Phi) is 4.85. The number of amides is 1. The van der Waals surface area contributed by atoms with Gasteiger partial charge in [-0.15, -0.1) is 0 Å². The van der Waals surface area contributed by atoms with E-state index in [2.05, 4.69) is 20.6 Å². The highest BCUT2D eigenvalue weighted by molar-refractivity contribution is 5.80. The molecule has 1 aromatic heterocycles. The van der Waals surface area contributed by atoms with Crippen LogP contribution in [0.25, 0.3) is 0 Å². The zero-order chi connectivity index (χ0) is 16.3. The molecule has 1 aliphatic heterocycles. The lowest BCUT2D eigenvalue weighted by molar-refractivity contribution is -0.125. The molecule has 7 nitrogen and oxygen atoms in total. The van der Waals surface area contributed by atoms with Gasteiger partial charge >= 0.3 is 0 Å². The average molecular weight is 307 g/mol. The summed E-state index contributed by atoms with van der Waals surface area (Å²) in [5, 5.41) is 10.3. The van der Waals surface area contributed by atoms with Gasteiger partial charge in [0, 0.05) is 37.8 Å². The van der Waals surface area contributed by atoms with E-state index in [0.29, 0.717) is 0 Å². The maximum absolute atomic E-state index is 12.3. The molecular weight excluding hydrogens is 282 g/mol. The highest BCUT2D eigenvalue weighted by Gasteiger charge is 2.22. The normalized spacial score (nSPS) is 17.2. The van der Waals surface area contributed by atoms with Crippen LogP contribution in [0, 0.1) is 0 Å². The topological polar surface area (TPSA) is 79.3 Å². The molecule has 2 heterocycles. The molecule has 1 saturated heterocycles. The number of aromatic nitrogens is 2. The first-order chi connectivity index (χ1) is 10.3. The van der Waals surface area contributed by atoms with E-state index in [-0.39, 0.29) is 17.0 Å². The predicted octanol–water partition coefficient (Wildman–Crippen LogP) is 0.129. The van der Waals surface area contributed by atoms with Crippen LogP contribution in [-0.2, 0) is 4.79 Å². The Morgan fingerprint density at radius 1 is 1.36 bits per heavy atom. The molecule has 1 atom stereocenters. The minimum absolute atomic E-state index is 0.211. The second-order valence-corrected chi connectivity index (χ2v) is 6.65. The molecule has 0 unspecified atom stereocenters. The van der Waals surface area contributed by atoms with Crippen LogP contribution in [0.5, 0.6) is 0 Å². The molecule has 1 aliphatic rings. The molecule has 0 saturated carbocycles. The molecule has 2 N–H and O–H groups in total. The standard InChI is InChI=1S/C15H25N5O2/c1-11(14(22)18-15(2,3)4)20-13(21)9-12(10-17-20)19-7-5-16-6-8-19/h9-11,16H,5-8H2,1-4H3,(H,18,22)/t11-/m1/s1. The van der Waals surface area contributed by atoms with Crippen molar-refractivity contribution in [3.05, 3.63) is 22.6 Å². The number of anilines is 1. The average Bonchev–Trinajstić information content (AvgIpc) is 2.45. The summed E-state index contributed by atoms with van der Waals surface area (Å²) in [5.74, 6) is -0.211. The van der Waals surface area contributed by atoms with Crippen LogP contribution < -0.4 is 21.1 Å². The van der Waals surface area contributed by atoms with Crippen molar-refractivity contribution in [2.75, 3.05) is 31.1 Å². The minimum atomic E-state index is -0.635. The molecule has 1 amide bonds. The number of piperazine rings is 1. The lowest BCUT2D eigenvalue weighted by atomic mass is 10.1.